The Bertz CT molecular complexity index is 2690. The summed E-state index contributed by atoms with van der Waals surface area (Å²) in [4.78, 5) is 11.9. The topological polar surface area (TPSA) is 51.6 Å². The first-order valence-electron chi connectivity index (χ1n) is 16.3. The van der Waals surface area contributed by atoms with E-state index < -0.39 is 116 Å². The minimum Gasteiger partial charge on any atom is -0.227 e. The first-order valence-corrected chi connectivity index (χ1v) is 16.3. The predicted molar refractivity (Wildman–Crippen MR) is 165 cm³/mol. The van der Waals surface area contributed by atoms with E-state index in [2.05, 4.69) is 19.9 Å². The molecule has 0 unspecified atom stereocenters. The third-order valence-corrected chi connectivity index (χ3v) is 10.1. The molecule has 0 saturated carbocycles. The fourth-order valence-electron chi connectivity index (χ4n) is 6.80. The van der Waals surface area contributed by atoms with Gasteiger partial charge in [0.05, 0.1) is 22.1 Å². The molecule has 7 rings (SSSR count). The van der Waals surface area contributed by atoms with E-state index in [-0.39, 0.29) is 32.3 Å². The van der Waals surface area contributed by atoms with Gasteiger partial charge in [-0.05, 0) is 45.8 Å². The molecule has 0 aliphatic carbocycles. The lowest BCUT2D eigenvalue weighted by atomic mass is 9.88. The van der Waals surface area contributed by atoms with Crippen molar-refractivity contribution in [3.63, 3.8) is 0 Å². The number of rotatable bonds is 10. The Kier molecular flexibility index (Phi) is 9.19. The van der Waals surface area contributed by atoms with Crippen LogP contribution in [0.2, 0.25) is 0 Å². The maximum Gasteiger partial charge on any atom is 0.460 e. The minimum absolute atomic E-state index is 0.127. The summed E-state index contributed by atoms with van der Waals surface area (Å²) in [7, 11) is 0. The maximum absolute atomic E-state index is 15.2. The highest BCUT2D eigenvalue weighted by Crippen LogP contribution is 2.64. The lowest BCUT2D eigenvalue weighted by Gasteiger charge is -2.39. The van der Waals surface area contributed by atoms with Crippen LogP contribution in [0.25, 0.3) is 65.2 Å². The predicted octanol–water partition coefficient (Wildman–Crippen LogP) is 13.5. The van der Waals surface area contributed by atoms with E-state index in [0.29, 0.717) is 24.3 Å². The van der Waals surface area contributed by atoms with E-state index in [1.807, 2.05) is 0 Å². The maximum atomic E-state index is 15.2. The van der Waals surface area contributed by atoms with Crippen LogP contribution in [0.3, 0.4) is 0 Å². The average molecular weight is 966 g/mol. The van der Waals surface area contributed by atoms with Gasteiger partial charge in [-0.3, -0.25) is 0 Å². The molecule has 0 amide bonds. The van der Waals surface area contributed by atoms with Crippen molar-refractivity contribution >= 4 is 65.2 Å². The van der Waals surface area contributed by atoms with Gasteiger partial charge in [0.2, 0.25) is 11.6 Å². The van der Waals surface area contributed by atoms with Crippen molar-refractivity contribution in [2.75, 3.05) is 0 Å². The second-order valence-electron chi connectivity index (χ2n) is 13.9. The van der Waals surface area contributed by atoms with Crippen LogP contribution < -0.4 is 0 Å². The van der Waals surface area contributed by atoms with Crippen molar-refractivity contribution in [1.29, 1.82) is 0 Å². The molecule has 0 bridgehead atoms. The molecule has 0 aliphatic heterocycles. The zero-order valence-electron chi connectivity index (χ0n) is 29.2. The van der Waals surface area contributed by atoms with E-state index in [1.54, 1.807) is 0 Å². The highest BCUT2D eigenvalue weighted by molar-refractivity contribution is 6.38. The second kappa shape index (κ2) is 12.7. The summed E-state index contributed by atoms with van der Waals surface area (Å²) in [6, 6.07) is 5.98. The third-order valence-electron chi connectivity index (χ3n) is 10.1. The van der Waals surface area contributed by atoms with E-state index >= 15 is 17.6 Å². The Labute approximate surface area is 331 Å². The average Bonchev–Trinajstić information content (AvgIpc) is 3.17. The molecule has 0 fully saturated rings. The summed E-state index contributed by atoms with van der Waals surface area (Å²) < 4.78 is 361. The Morgan fingerprint density at radius 1 is 0.234 bits per heavy atom. The molecule has 0 spiro atoms. The van der Waals surface area contributed by atoms with Crippen LogP contribution in [0.1, 0.15) is 11.6 Å². The van der Waals surface area contributed by atoms with Crippen molar-refractivity contribution in [3.8, 4) is 0 Å². The summed E-state index contributed by atoms with van der Waals surface area (Å²) in [5.41, 5.74) is -3.76. The van der Waals surface area contributed by atoms with E-state index in [9.17, 15) is 96.6 Å². The van der Waals surface area contributed by atoms with E-state index in [4.69, 9.17) is 0 Å². The summed E-state index contributed by atoms with van der Waals surface area (Å²) in [5, 5.41) is -1.85. The van der Waals surface area contributed by atoms with Crippen molar-refractivity contribution in [1.82, 2.24) is 19.9 Å². The smallest absolute Gasteiger partial charge is 0.227 e. The molecule has 0 saturated heterocycles. The Hall–Kier alpha value is -5.48. The van der Waals surface area contributed by atoms with Crippen molar-refractivity contribution in [2.45, 2.75) is 71.6 Å². The molecule has 0 N–H and O–H groups in total. The van der Waals surface area contributed by atoms with Gasteiger partial charge in [-0.15, -0.1) is 0 Å². The minimum atomic E-state index is -8.23. The van der Waals surface area contributed by atoms with Gasteiger partial charge in [-0.25, -0.2) is 19.9 Å². The number of halogens is 26. The fraction of sp³-hybridized carbons (Fsp3) is 0.353. The van der Waals surface area contributed by atoms with Gasteiger partial charge in [0.25, 0.3) is 0 Å². The number of aromatic nitrogens is 4. The van der Waals surface area contributed by atoms with Crippen molar-refractivity contribution in [3.05, 3.63) is 60.2 Å². The zero-order chi connectivity index (χ0) is 48.6. The molecule has 7 aromatic rings. The number of hydrogen-bond acceptors (Lipinski definition) is 4. The van der Waals surface area contributed by atoms with Crippen LogP contribution in [0.5, 0.6) is 0 Å². The highest BCUT2D eigenvalue weighted by Gasteiger charge is 2.92. The van der Waals surface area contributed by atoms with E-state index in [1.165, 1.54) is 0 Å². The second-order valence-corrected chi connectivity index (χ2v) is 13.9. The Balaban J connectivity index is 1.38. The molecule has 2 heterocycles. The van der Waals surface area contributed by atoms with Gasteiger partial charge >= 0.3 is 71.6 Å². The molecule has 64 heavy (non-hydrogen) atoms. The van der Waals surface area contributed by atoms with Gasteiger partial charge in [0, 0.05) is 21.5 Å². The molecular weight excluding hydrogens is 958 g/mol. The van der Waals surface area contributed by atoms with Gasteiger partial charge in [-0.2, -0.15) is 114 Å². The number of alkyl halides is 26. The fourth-order valence-corrected chi connectivity index (χ4v) is 6.80. The lowest BCUT2D eigenvalue weighted by Crippen LogP contribution is -2.69. The summed E-state index contributed by atoms with van der Waals surface area (Å²) in [6.07, 6.45) is -15.3. The zero-order valence-corrected chi connectivity index (χ0v) is 29.2. The molecule has 30 heteroatoms. The summed E-state index contributed by atoms with van der Waals surface area (Å²) >= 11 is 0. The third kappa shape index (κ3) is 5.35. The summed E-state index contributed by atoms with van der Waals surface area (Å²) in [6.45, 7) is 0. The molecule has 4 nitrogen and oxygen atoms in total. The first kappa shape index (κ1) is 46.5. The number of nitrogens with zero attached hydrogens (tertiary/aromatic N) is 4. The van der Waals surface area contributed by atoms with E-state index in [0.717, 1.165) is 24.3 Å². The molecule has 5 aromatic carbocycles. The molecule has 346 valence electrons. The SMILES string of the molecule is FC(F)(F)C(F)(F)C(F)(F)C(F)(F)C(F)(F)C(F)(F)c1nc2ccc3c4ccc5nc(C(F)(F)C(F)(F)C(F)(F)C(F)(F)C(F)(F)C(F)(F)F)nc6ccc(c7ccc(n1)c2c37)c4c56. The largest absolute Gasteiger partial charge is 0.460 e. The van der Waals surface area contributed by atoms with Crippen LogP contribution in [-0.4, -0.2) is 79.7 Å². The van der Waals surface area contributed by atoms with Crippen LogP contribution in [0.4, 0.5) is 114 Å². The van der Waals surface area contributed by atoms with Gasteiger partial charge in [0.1, 0.15) is 0 Å². The van der Waals surface area contributed by atoms with Gasteiger partial charge < -0.3 is 0 Å². The van der Waals surface area contributed by atoms with Crippen molar-refractivity contribution in [2.24, 2.45) is 0 Å². The van der Waals surface area contributed by atoms with Crippen LogP contribution in [0, 0.1) is 0 Å². The highest BCUT2D eigenvalue weighted by atomic mass is 19.4. The molecule has 0 aliphatic rings. The first-order chi connectivity index (χ1) is 28.6. The number of fused-ring (bicyclic) bond motifs is 2. The van der Waals surface area contributed by atoms with Crippen molar-refractivity contribution < 1.29 is 114 Å². The Morgan fingerprint density at radius 3 is 0.641 bits per heavy atom. The van der Waals surface area contributed by atoms with Gasteiger partial charge in [-0.1, -0.05) is 24.3 Å². The Morgan fingerprint density at radius 2 is 0.438 bits per heavy atom. The normalized spacial score (nSPS) is 15.7. The quantitative estimate of drug-likeness (QED) is 0.0779. The summed E-state index contributed by atoms with van der Waals surface area (Å²) in [5.74, 6) is -83.8. The lowest BCUT2D eigenvalue weighted by molar-refractivity contribution is -0.442. The number of hydrogen-bond donors (Lipinski definition) is 0. The standard InChI is InChI=1S/C34H8F26N4/c35-23(36,25(39,40)27(43,44)29(47,48)31(51,52)33(55,56)57)21-61-13-5-1-9-10-2-6-15-20-16(8-4-12(18(10)20)11-3-7-14(62-21)19(13)17(9)11)64-22(63-15)24(37,38)26(41,42)28(45,46)30(49,50)32(53,54)34(58,59)60/h1-8H. The molecule has 0 atom stereocenters. The van der Waals surface area contributed by atoms with Crippen LogP contribution >= 0.6 is 0 Å². The van der Waals surface area contributed by atoms with Gasteiger partial charge in [0.15, 0.2) is 0 Å². The van der Waals surface area contributed by atoms with Crippen LogP contribution in [-0.2, 0) is 11.8 Å². The molecular formula is C34H8F26N4. The monoisotopic (exact) mass is 966 g/mol. The number of benzene rings is 5. The molecule has 2 aromatic heterocycles. The van der Waals surface area contributed by atoms with Crippen LogP contribution in [0.15, 0.2) is 48.5 Å². The molecule has 0 radical (unpaired) electrons.